The van der Waals surface area contributed by atoms with Crippen molar-refractivity contribution in [3.05, 3.63) is 34.9 Å². The number of rotatable bonds is 5. The molecule has 3 rings (SSSR count). The number of aryl methyl sites for hydroxylation is 3. The fraction of sp³-hybridized carbons (Fsp3) is 0.333. The standard InChI is InChI=1S/C18H19N3O5/c1-5-13(18(23)24)19-16(22)12-7-14(11-6-8(2)25-10(11)4)20-17-15(12)9(3)21-26-17/h6-7,13H,5H2,1-4H3,(H,19,22)(H,23,24). The molecule has 0 radical (unpaired) electrons. The maximum atomic E-state index is 12.8. The van der Waals surface area contributed by atoms with Crippen molar-refractivity contribution >= 4 is 23.0 Å². The summed E-state index contributed by atoms with van der Waals surface area (Å²) in [4.78, 5) is 28.4. The molecule has 0 aromatic carbocycles. The number of hydrogen-bond donors (Lipinski definition) is 2. The monoisotopic (exact) mass is 357 g/mol. The number of nitrogens with zero attached hydrogens (tertiary/aromatic N) is 2. The number of fused-ring (bicyclic) bond motifs is 1. The van der Waals surface area contributed by atoms with Crippen LogP contribution < -0.4 is 5.32 Å². The maximum absolute atomic E-state index is 12.8. The van der Waals surface area contributed by atoms with Gasteiger partial charge in [-0.2, -0.15) is 0 Å². The minimum absolute atomic E-state index is 0.215. The van der Waals surface area contributed by atoms with E-state index in [1.807, 2.05) is 13.0 Å². The summed E-state index contributed by atoms with van der Waals surface area (Å²) >= 11 is 0. The van der Waals surface area contributed by atoms with Crippen LogP contribution in [0.1, 0.15) is 40.9 Å². The zero-order chi connectivity index (χ0) is 19.0. The Morgan fingerprint density at radius 3 is 2.58 bits per heavy atom. The van der Waals surface area contributed by atoms with Gasteiger partial charge in [-0.15, -0.1) is 0 Å². The number of furan rings is 1. The van der Waals surface area contributed by atoms with Gasteiger partial charge in [0, 0.05) is 5.56 Å². The van der Waals surface area contributed by atoms with E-state index in [0.29, 0.717) is 22.5 Å². The molecule has 0 bridgehead atoms. The topological polar surface area (TPSA) is 118 Å². The van der Waals surface area contributed by atoms with Crippen LogP contribution in [-0.4, -0.2) is 33.2 Å². The van der Waals surface area contributed by atoms with E-state index in [2.05, 4.69) is 15.5 Å². The van der Waals surface area contributed by atoms with E-state index in [-0.39, 0.29) is 17.7 Å². The first kappa shape index (κ1) is 17.7. The minimum Gasteiger partial charge on any atom is -0.480 e. The number of hydrogen-bond acceptors (Lipinski definition) is 6. The van der Waals surface area contributed by atoms with E-state index >= 15 is 0 Å². The molecule has 3 aromatic rings. The molecule has 0 aliphatic carbocycles. The van der Waals surface area contributed by atoms with Crippen LogP contribution in [0.3, 0.4) is 0 Å². The second kappa shape index (κ2) is 6.62. The third-order valence-corrected chi connectivity index (χ3v) is 4.19. The molecule has 1 unspecified atom stereocenters. The van der Waals surface area contributed by atoms with Crippen LogP contribution in [0.4, 0.5) is 0 Å². The van der Waals surface area contributed by atoms with Gasteiger partial charge < -0.3 is 19.4 Å². The third kappa shape index (κ3) is 3.05. The third-order valence-electron chi connectivity index (χ3n) is 4.19. The lowest BCUT2D eigenvalue weighted by Gasteiger charge is -2.13. The van der Waals surface area contributed by atoms with Crippen LogP contribution in [0, 0.1) is 20.8 Å². The van der Waals surface area contributed by atoms with Crippen LogP contribution in [0.2, 0.25) is 0 Å². The van der Waals surface area contributed by atoms with Gasteiger partial charge in [-0.3, -0.25) is 4.79 Å². The number of carbonyl (C=O) groups is 2. The first-order valence-corrected chi connectivity index (χ1v) is 8.20. The summed E-state index contributed by atoms with van der Waals surface area (Å²) < 4.78 is 10.8. The summed E-state index contributed by atoms with van der Waals surface area (Å²) in [5, 5.41) is 16.1. The van der Waals surface area contributed by atoms with Crippen molar-refractivity contribution in [1.82, 2.24) is 15.5 Å². The highest BCUT2D eigenvalue weighted by atomic mass is 16.5. The highest BCUT2D eigenvalue weighted by Crippen LogP contribution is 2.30. The summed E-state index contributed by atoms with van der Waals surface area (Å²) in [5.74, 6) is -0.225. The molecule has 0 spiro atoms. The summed E-state index contributed by atoms with van der Waals surface area (Å²) in [6.07, 6.45) is 0.269. The van der Waals surface area contributed by atoms with Gasteiger partial charge in [0.25, 0.3) is 11.6 Å². The lowest BCUT2D eigenvalue weighted by molar-refractivity contribution is -0.139. The quantitative estimate of drug-likeness (QED) is 0.720. The van der Waals surface area contributed by atoms with E-state index in [4.69, 9.17) is 8.94 Å². The second-order valence-electron chi connectivity index (χ2n) is 6.10. The molecule has 26 heavy (non-hydrogen) atoms. The molecule has 136 valence electrons. The SMILES string of the molecule is CCC(NC(=O)c1cc(-c2cc(C)oc2C)nc2onc(C)c12)C(=O)O. The molecule has 0 saturated heterocycles. The number of carboxylic acid groups (broad SMARTS) is 1. The Hall–Kier alpha value is -3.16. The van der Waals surface area contributed by atoms with Crippen LogP contribution >= 0.6 is 0 Å². The van der Waals surface area contributed by atoms with E-state index in [0.717, 1.165) is 11.3 Å². The highest BCUT2D eigenvalue weighted by molar-refractivity contribution is 6.07. The summed E-state index contributed by atoms with van der Waals surface area (Å²) in [6.45, 7) is 7.01. The lowest BCUT2D eigenvalue weighted by Crippen LogP contribution is -2.40. The Balaban J connectivity index is 2.14. The smallest absolute Gasteiger partial charge is 0.326 e. The molecule has 2 N–H and O–H groups in total. The fourth-order valence-corrected chi connectivity index (χ4v) is 2.87. The fourth-order valence-electron chi connectivity index (χ4n) is 2.87. The maximum Gasteiger partial charge on any atom is 0.326 e. The molecular formula is C18H19N3O5. The molecule has 3 heterocycles. The van der Waals surface area contributed by atoms with E-state index in [9.17, 15) is 14.7 Å². The van der Waals surface area contributed by atoms with Crippen molar-refractivity contribution in [3.63, 3.8) is 0 Å². The molecular weight excluding hydrogens is 338 g/mol. The molecule has 0 saturated carbocycles. The number of pyridine rings is 1. The minimum atomic E-state index is -1.09. The zero-order valence-electron chi connectivity index (χ0n) is 14.9. The second-order valence-corrected chi connectivity index (χ2v) is 6.10. The average molecular weight is 357 g/mol. The van der Waals surface area contributed by atoms with Crippen molar-refractivity contribution in [2.24, 2.45) is 0 Å². The number of nitrogens with one attached hydrogen (secondary N) is 1. The predicted molar refractivity (Wildman–Crippen MR) is 92.9 cm³/mol. The molecule has 8 nitrogen and oxygen atoms in total. The van der Waals surface area contributed by atoms with E-state index in [1.54, 1.807) is 26.8 Å². The van der Waals surface area contributed by atoms with Gasteiger partial charge in [0.15, 0.2) is 0 Å². The zero-order valence-corrected chi connectivity index (χ0v) is 14.9. The largest absolute Gasteiger partial charge is 0.480 e. The number of aromatic nitrogens is 2. The molecule has 0 aliphatic rings. The lowest BCUT2D eigenvalue weighted by atomic mass is 10.0. The Morgan fingerprint density at radius 2 is 2.00 bits per heavy atom. The van der Waals surface area contributed by atoms with Crippen molar-refractivity contribution in [2.75, 3.05) is 0 Å². The molecule has 1 amide bonds. The number of carbonyl (C=O) groups excluding carboxylic acids is 1. The normalized spacial score (nSPS) is 12.3. The van der Waals surface area contributed by atoms with E-state index in [1.165, 1.54) is 0 Å². The predicted octanol–water partition coefficient (Wildman–Crippen LogP) is 3.00. The van der Waals surface area contributed by atoms with Crippen LogP contribution in [0.25, 0.3) is 22.4 Å². The number of amides is 1. The number of aliphatic carboxylic acids is 1. The van der Waals surface area contributed by atoms with E-state index < -0.39 is 17.9 Å². The molecule has 8 heteroatoms. The van der Waals surface area contributed by atoms with Gasteiger partial charge >= 0.3 is 5.97 Å². The van der Waals surface area contributed by atoms with Crippen molar-refractivity contribution in [3.8, 4) is 11.3 Å². The van der Waals surface area contributed by atoms with Gasteiger partial charge in [0.05, 0.1) is 22.3 Å². The summed E-state index contributed by atoms with van der Waals surface area (Å²) in [7, 11) is 0. The summed E-state index contributed by atoms with van der Waals surface area (Å²) in [5.41, 5.74) is 2.22. The van der Waals surface area contributed by atoms with Crippen molar-refractivity contribution in [2.45, 2.75) is 40.2 Å². The number of carboxylic acids is 1. The van der Waals surface area contributed by atoms with Crippen LogP contribution in [-0.2, 0) is 4.79 Å². The van der Waals surface area contributed by atoms with Crippen molar-refractivity contribution < 1.29 is 23.6 Å². The van der Waals surface area contributed by atoms with Gasteiger partial charge in [-0.1, -0.05) is 12.1 Å². The van der Waals surface area contributed by atoms with Gasteiger partial charge in [-0.05, 0) is 39.3 Å². The Kier molecular flexibility index (Phi) is 4.50. The molecule has 1 atom stereocenters. The van der Waals surface area contributed by atoms with Crippen LogP contribution in [0.5, 0.6) is 0 Å². The summed E-state index contributed by atoms with van der Waals surface area (Å²) in [6, 6.07) is 2.45. The highest BCUT2D eigenvalue weighted by Gasteiger charge is 2.24. The van der Waals surface area contributed by atoms with Gasteiger partial charge in [0.2, 0.25) is 0 Å². The molecule has 3 aromatic heterocycles. The first-order chi connectivity index (χ1) is 12.3. The average Bonchev–Trinajstić information content (AvgIpc) is 3.13. The first-order valence-electron chi connectivity index (χ1n) is 8.20. The van der Waals surface area contributed by atoms with Crippen LogP contribution in [0.15, 0.2) is 21.1 Å². The van der Waals surface area contributed by atoms with Gasteiger partial charge in [-0.25, -0.2) is 9.78 Å². The molecule has 0 aliphatic heterocycles. The van der Waals surface area contributed by atoms with Crippen molar-refractivity contribution in [1.29, 1.82) is 0 Å². The Morgan fingerprint density at radius 1 is 1.27 bits per heavy atom. The molecule has 0 fully saturated rings. The van der Waals surface area contributed by atoms with Gasteiger partial charge in [0.1, 0.15) is 17.6 Å². The Labute approximate surface area is 149 Å². The Bertz CT molecular complexity index is 1000.